The molecule has 0 bridgehead atoms. The van der Waals surface area contributed by atoms with Gasteiger partial charge in [-0.15, -0.1) is 11.8 Å². The van der Waals surface area contributed by atoms with Crippen molar-refractivity contribution < 1.29 is 14.7 Å². The summed E-state index contributed by atoms with van der Waals surface area (Å²) in [4.78, 5) is 25.4. The van der Waals surface area contributed by atoms with Crippen molar-refractivity contribution in [2.45, 2.75) is 56.2 Å². The number of hydrogen-bond donors (Lipinski definition) is 1. The molecule has 0 saturated carbocycles. The second-order valence-corrected chi connectivity index (χ2v) is 6.40. The van der Waals surface area contributed by atoms with Gasteiger partial charge in [-0.1, -0.05) is 19.3 Å². The van der Waals surface area contributed by atoms with E-state index in [4.69, 9.17) is 0 Å². The number of amides is 1. The Morgan fingerprint density at radius 1 is 1.06 bits per heavy atom. The monoisotopic (exact) mass is 271 g/mol. The van der Waals surface area contributed by atoms with Crippen LogP contribution in [0.5, 0.6) is 0 Å². The zero-order chi connectivity index (χ0) is 13.0. The molecular formula is C13H21NO3S. The highest BCUT2D eigenvalue weighted by Gasteiger charge is 2.34. The maximum Gasteiger partial charge on any atom is 0.326 e. The SMILES string of the molecule is O=C(O)C1CCCCCN1C(=O)C1CCCCS1. The van der Waals surface area contributed by atoms with Gasteiger partial charge < -0.3 is 10.0 Å². The van der Waals surface area contributed by atoms with E-state index in [2.05, 4.69) is 0 Å². The summed E-state index contributed by atoms with van der Waals surface area (Å²) in [5, 5.41) is 9.28. The molecule has 0 aromatic carbocycles. The molecule has 2 saturated heterocycles. The predicted octanol–water partition coefficient (Wildman–Crippen LogP) is 2.13. The number of carbonyl (C=O) groups is 2. The topological polar surface area (TPSA) is 57.6 Å². The van der Waals surface area contributed by atoms with Gasteiger partial charge in [0.15, 0.2) is 0 Å². The quantitative estimate of drug-likeness (QED) is 0.836. The lowest BCUT2D eigenvalue weighted by Crippen LogP contribution is -2.48. The van der Waals surface area contributed by atoms with E-state index in [9.17, 15) is 14.7 Å². The van der Waals surface area contributed by atoms with E-state index < -0.39 is 12.0 Å². The summed E-state index contributed by atoms with van der Waals surface area (Å²) < 4.78 is 0. The molecule has 2 aliphatic rings. The zero-order valence-corrected chi connectivity index (χ0v) is 11.5. The number of aliphatic carboxylic acids is 1. The Hall–Kier alpha value is -0.710. The summed E-state index contributed by atoms with van der Waals surface area (Å²) in [6, 6.07) is -0.595. The fourth-order valence-electron chi connectivity index (χ4n) is 2.75. The van der Waals surface area contributed by atoms with Crippen LogP contribution in [0.15, 0.2) is 0 Å². The van der Waals surface area contributed by atoms with Gasteiger partial charge in [0, 0.05) is 6.54 Å². The molecule has 0 aliphatic carbocycles. The van der Waals surface area contributed by atoms with Gasteiger partial charge in [0.25, 0.3) is 0 Å². The zero-order valence-electron chi connectivity index (χ0n) is 10.6. The Morgan fingerprint density at radius 3 is 2.50 bits per heavy atom. The summed E-state index contributed by atoms with van der Waals surface area (Å²) in [7, 11) is 0. The van der Waals surface area contributed by atoms with Crippen LogP contribution in [0.4, 0.5) is 0 Å². The van der Waals surface area contributed by atoms with E-state index in [-0.39, 0.29) is 11.2 Å². The molecule has 0 aromatic heterocycles. The molecule has 102 valence electrons. The third kappa shape index (κ3) is 3.19. The fraction of sp³-hybridized carbons (Fsp3) is 0.846. The summed E-state index contributed by atoms with van der Waals surface area (Å²) in [5.41, 5.74) is 0. The molecule has 1 amide bonds. The second kappa shape index (κ2) is 6.45. The first-order chi connectivity index (χ1) is 8.70. The van der Waals surface area contributed by atoms with Gasteiger partial charge in [0.05, 0.1) is 5.25 Å². The Bertz CT molecular complexity index is 315. The Labute approximate surface area is 112 Å². The molecule has 0 spiro atoms. The van der Waals surface area contributed by atoms with Crippen LogP contribution >= 0.6 is 11.8 Å². The molecule has 2 atom stereocenters. The average Bonchev–Trinajstić information content (AvgIpc) is 2.64. The van der Waals surface area contributed by atoms with E-state index in [1.54, 1.807) is 16.7 Å². The molecule has 2 rings (SSSR count). The molecule has 2 fully saturated rings. The van der Waals surface area contributed by atoms with Crippen LogP contribution < -0.4 is 0 Å². The summed E-state index contributed by atoms with van der Waals surface area (Å²) in [6.45, 7) is 0.618. The van der Waals surface area contributed by atoms with E-state index in [1.807, 2.05) is 0 Å². The molecule has 5 heteroatoms. The molecule has 2 unspecified atom stereocenters. The van der Waals surface area contributed by atoms with Gasteiger partial charge in [-0.3, -0.25) is 4.79 Å². The van der Waals surface area contributed by atoms with Crippen LogP contribution in [0.2, 0.25) is 0 Å². The summed E-state index contributed by atoms with van der Waals surface area (Å²) in [6.07, 6.45) is 6.67. The highest BCUT2D eigenvalue weighted by atomic mass is 32.2. The number of hydrogen-bond acceptors (Lipinski definition) is 3. The van der Waals surface area contributed by atoms with Gasteiger partial charge in [0.1, 0.15) is 6.04 Å². The van der Waals surface area contributed by atoms with Crippen LogP contribution in [-0.4, -0.2) is 45.5 Å². The third-order valence-corrected chi connectivity index (χ3v) is 5.14. The van der Waals surface area contributed by atoms with Crippen molar-refractivity contribution in [1.29, 1.82) is 0 Å². The standard InChI is InChI=1S/C13H21NO3S/c15-12(11-7-3-5-9-18-11)14-8-4-1-2-6-10(14)13(16)17/h10-11H,1-9H2,(H,16,17). The van der Waals surface area contributed by atoms with Crippen molar-refractivity contribution in [1.82, 2.24) is 4.90 Å². The minimum absolute atomic E-state index is 0.00120. The predicted molar refractivity (Wildman–Crippen MR) is 71.7 cm³/mol. The first-order valence-electron chi connectivity index (χ1n) is 6.85. The van der Waals surface area contributed by atoms with Crippen molar-refractivity contribution in [3.05, 3.63) is 0 Å². The number of nitrogens with zero attached hydrogens (tertiary/aromatic N) is 1. The lowest BCUT2D eigenvalue weighted by atomic mass is 10.1. The van der Waals surface area contributed by atoms with Gasteiger partial charge in [-0.05, 0) is 31.4 Å². The molecule has 0 aromatic rings. The first-order valence-corrected chi connectivity index (χ1v) is 7.90. The number of likely N-dealkylation sites (tertiary alicyclic amines) is 1. The molecule has 18 heavy (non-hydrogen) atoms. The normalized spacial score (nSPS) is 29.7. The summed E-state index contributed by atoms with van der Waals surface area (Å²) in [5.74, 6) is 0.252. The summed E-state index contributed by atoms with van der Waals surface area (Å²) >= 11 is 1.70. The van der Waals surface area contributed by atoms with Crippen molar-refractivity contribution in [2.24, 2.45) is 0 Å². The first kappa shape index (κ1) is 13.7. The highest BCUT2D eigenvalue weighted by Crippen LogP contribution is 2.28. The average molecular weight is 271 g/mol. The van der Waals surface area contributed by atoms with E-state index in [0.717, 1.165) is 37.9 Å². The lowest BCUT2D eigenvalue weighted by Gasteiger charge is -2.31. The fourth-order valence-corrected chi connectivity index (χ4v) is 4.02. The van der Waals surface area contributed by atoms with E-state index in [0.29, 0.717) is 13.0 Å². The minimum atomic E-state index is -0.842. The number of rotatable bonds is 2. The number of carbonyl (C=O) groups excluding carboxylic acids is 1. The van der Waals surface area contributed by atoms with Gasteiger partial charge >= 0.3 is 5.97 Å². The Balaban J connectivity index is 2.06. The van der Waals surface area contributed by atoms with E-state index >= 15 is 0 Å². The van der Waals surface area contributed by atoms with Crippen LogP contribution in [0.1, 0.15) is 44.9 Å². The second-order valence-electron chi connectivity index (χ2n) is 5.09. The maximum atomic E-state index is 12.5. The third-order valence-electron chi connectivity index (χ3n) is 3.78. The minimum Gasteiger partial charge on any atom is -0.480 e. The van der Waals surface area contributed by atoms with Crippen LogP contribution in [0.25, 0.3) is 0 Å². The maximum absolute atomic E-state index is 12.5. The van der Waals surface area contributed by atoms with Crippen molar-refractivity contribution in [3.8, 4) is 0 Å². The van der Waals surface area contributed by atoms with Crippen molar-refractivity contribution in [2.75, 3.05) is 12.3 Å². The van der Waals surface area contributed by atoms with Gasteiger partial charge in [-0.25, -0.2) is 4.79 Å². The molecule has 4 nitrogen and oxygen atoms in total. The molecule has 2 aliphatic heterocycles. The molecule has 1 N–H and O–H groups in total. The lowest BCUT2D eigenvalue weighted by molar-refractivity contribution is -0.150. The number of thioether (sulfide) groups is 1. The van der Waals surface area contributed by atoms with E-state index in [1.165, 1.54) is 6.42 Å². The van der Waals surface area contributed by atoms with Crippen molar-refractivity contribution in [3.63, 3.8) is 0 Å². The molecular weight excluding hydrogens is 250 g/mol. The van der Waals surface area contributed by atoms with Gasteiger partial charge in [-0.2, -0.15) is 0 Å². The smallest absolute Gasteiger partial charge is 0.326 e. The molecule has 2 heterocycles. The Morgan fingerprint density at radius 2 is 1.83 bits per heavy atom. The molecule has 0 radical (unpaired) electrons. The van der Waals surface area contributed by atoms with Crippen LogP contribution in [0.3, 0.4) is 0 Å². The highest BCUT2D eigenvalue weighted by molar-refractivity contribution is 8.00. The number of carboxylic acids is 1. The number of carboxylic acid groups (broad SMARTS) is 1. The van der Waals surface area contributed by atoms with Crippen LogP contribution in [0, 0.1) is 0 Å². The Kier molecular flexibility index (Phi) is 4.92. The van der Waals surface area contributed by atoms with Crippen molar-refractivity contribution >= 4 is 23.6 Å². The van der Waals surface area contributed by atoms with Crippen LogP contribution in [-0.2, 0) is 9.59 Å². The largest absolute Gasteiger partial charge is 0.480 e. The van der Waals surface area contributed by atoms with Gasteiger partial charge in [0.2, 0.25) is 5.91 Å².